The zero-order valence-electron chi connectivity index (χ0n) is 15.0. The van der Waals surface area contributed by atoms with Gasteiger partial charge in [0.05, 0.1) is 5.88 Å². The van der Waals surface area contributed by atoms with Crippen molar-refractivity contribution < 1.29 is 14.3 Å². The van der Waals surface area contributed by atoms with E-state index in [1.165, 1.54) is 0 Å². The van der Waals surface area contributed by atoms with E-state index in [9.17, 15) is 9.59 Å². The van der Waals surface area contributed by atoms with Gasteiger partial charge in [-0.15, -0.1) is 11.8 Å². The molecule has 0 bridgehead atoms. The van der Waals surface area contributed by atoms with Gasteiger partial charge in [-0.2, -0.15) is 0 Å². The lowest BCUT2D eigenvalue weighted by Crippen LogP contribution is -2.51. The number of amides is 2. The third kappa shape index (κ3) is 4.53. The van der Waals surface area contributed by atoms with Crippen LogP contribution in [-0.4, -0.2) is 65.6 Å². The summed E-state index contributed by atoms with van der Waals surface area (Å²) in [7, 11) is 0. The first-order chi connectivity index (χ1) is 12.6. The fourth-order valence-electron chi connectivity index (χ4n) is 3.42. The lowest BCUT2D eigenvalue weighted by molar-refractivity contribution is -0.136. The van der Waals surface area contributed by atoms with Gasteiger partial charge in [0, 0.05) is 42.6 Å². The summed E-state index contributed by atoms with van der Waals surface area (Å²) >= 11 is 7.53. The maximum absolute atomic E-state index is 13.0. The molecule has 1 aromatic carbocycles. The standard InChI is InChI=1S/C19H25ClN2O3S/c1-2-25-11-14-7-9-21(10-8-14)19(24)17-12-26-13-22(17)18(23)15-3-5-16(20)6-4-15/h3-6,14,17H,2,7-13H2,1H3/t17-/m1/s1. The van der Waals surface area contributed by atoms with Gasteiger partial charge in [0.2, 0.25) is 5.91 Å². The molecule has 5 nitrogen and oxygen atoms in total. The molecule has 7 heteroatoms. The lowest BCUT2D eigenvalue weighted by Gasteiger charge is -2.35. The maximum Gasteiger partial charge on any atom is 0.255 e. The number of benzene rings is 1. The van der Waals surface area contributed by atoms with Gasteiger partial charge < -0.3 is 14.5 Å². The highest BCUT2D eigenvalue weighted by Gasteiger charge is 2.38. The van der Waals surface area contributed by atoms with Gasteiger partial charge in [0.1, 0.15) is 6.04 Å². The van der Waals surface area contributed by atoms with Crippen molar-refractivity contribution >= 4 is 35.2 Å². The zero-order valence-corrected chi connectivity index (χ0v) is 16.6. The molecule has 1 aromatic rings. The van der Waals surface area contributed by atoms with E-state index in [1.807, 2.05) is 11.8 Å². The molecule has 0 aliphatic carbocycles. The van der Waals surface area contributed by atoms with Crippen molar-refractivity contribution in [2.45, 2.75) is 25.8 Å². The van der Waals surface area contributed by atoms with E-state index in [0.29, 0.717) is 28.1 Å². The first-order valence-electron chi connectivity index (χ1n) is 9.11. The molecule has 142 valence electrons. The smallest absolute Gasteiger partial charge is 0.255 e. The molecule has 0 saturated carbocycles. The molecule has 0 N–H and O–H groups in total. The van der Waals surface area contributed by atoms with Crippen LogP contribution in [0.25, 0.3) is 0 Å². The van der Waals surface area contributed by atoms with Crippen LogP contribution in [0.3, 0.4) is 0 Å². The molecule has 2 aliphatic heterocycles. The second-order valence-corrected chi connectivity index (χ2v) is 8.16. The van der Waals surface area contributed by atoms with E-state index in [1.54, 1.807) is 40.9 Å². The summed E-state index contributed by atoms with van der Waals surface area (Å²) in [6, 6.07) is 6.48. The number of carbonyl (C=O) groups excluding carboxylic acids is 2. The number of piperidine rings is 1. The van der Waals surface area contributed by atoms with Crippen LogP contribution >= 0.6 is 23.4 Å². The maximum atomic E-state index is 13.0. The molecule has 0 aromatic heterocycles. The number of hydrogen-bond acceptors (Lipinski definition) is 4. The van der Waals surface area contributed by atoms with Crippen molar-refractivity contribution in [2.75, 3.05) is 37.9 Å². The second kappa shape index (κ2) is 9.11. The Morgan fingerprint density at radius 3 is 2.58 bits per heavy atom. The summed E-state index contributed by atoms with van der Waals surface area (Å²) < 4.78 is 5.51. The fourth-order valence-corrected chi connectivity index (χ4v) is 4.69. The fraction of sp³-hybridized carbons (Fsp3) is 0.579. The van der Waals surface area contributed by atoms with Crippen LogP contribution < -0.4 is 0 Å². The van der Waals surface area contributed by atoms with Crippen LogP contribution in [0.4, 0.5) is 0 Å². The summed E-state index contributed by atoms with van der Waals surface area (Å²) in [6.07, 6.45) is 1.94. The first kappa shape index (κ1) is 19.5. The largest absolute Gasteiger partial charge is 0.381 e. The normalized spacial score (nSPS) is 21.2. The monoisotopic (exact) mass is 396 g/mol. The minimum atomic E-state index is -0.369. The van der Waals surface area contributed by atoms with Gasteiger partial charge in [0.25, 0.3) is 5.91 Å². The zero-order chi connectivity index (χ0) is 18.5. The number of halogens is 1. The Balaban J connectivity index is 1.60. The number of rotatable bonds is 5. The van der Waals surface area contributed by atoms with Crippen LogP contribution in [0.15, 0.2) is 24.3 Å². The second-order valence-electron chi connectivity index (χ2n) is 6.73. The van der Waals surface area contributed by atoms with Gasteiger partial charge in [-0.1, -0.05) is 11.6 Å². The summed E-state index contributed by atoms with van der Waals surface area (Å²) in [4.78, 5) is 29.4. The SMILES string of the molecule is CCOCC1CCN(C(=O)[C@H]2CSCN2C(=O)c2ccc(Cl)cc2)CC1. The van der Waals surface area contributed by atoms with Crippen LogP contribution in [0.1, 0.15) is 30.1 Å². The van der Waals surface area contributed by atoms with Crippen LogP contribution in [0, 0.1) is 5.92 Å². The molecule has 2 saturated heterocycles. The van der Waals surface area contributed by atoms with Gasteiger partial charge in [-0.3, -0.25) is 9.59 Å². The van der Waals surface area contributed by atoms with E-state index in [-0.39, 0.29) is 17.9 Å². The molecular weight excluding hydrogens is 372 g/mol. The molecule has 2 amide bonds. The number of carbonyl (C=O) groups is 2. The molecule has 1 atom stereocenters. The van der Waals surface area contributed by atoms with E-state index in [4.69, 9.17) is 16.3 Å². The highest BCUT2D eigenvalue weighted by molar-refractivity contribution is 7.99. The Morgan fingerprint density at radius 1 is 1.23 bits per heavy atom. The number of likely N-dealkylation sites (tertiary alicyclic amines) is 1. The average Bonchev–Trinajstić information content (AvgIpc) is 3.16. The third-order valence-corrected chi connectivity index (χ3v) is 6.27. The molecule has 0 radical (unpaired) electrons. The Hall–Kier alpha value is -1.24. The molecule has 26 heavy (non-hydrogen) atoms. The Kier molecular flexibility index (Phi) is 6.84. The van der Waals surface area contributed by atoms with Gasteiger partial charge >= 0.3 is 0 Å². The summed E-state index contributed by atoms with van der Waals surface area (Å²) in [5.74, 6) is 1.72. The Morgan fingerprint density at radius 2 is 1.92 bits per heavy atom. The Bertz CT molecular complexity index is 632. The Labute approximate surface area is 164 Å². The molecule has 2 heterocycles. The van der Waals surface area contributed by atoms with E-state index < -0.39 is 0 Å². The minimum Gasteiger partial charge on any atom is -0.381 e. The summed E-state index contributed by atoms with van der Waals surface area (Å²) in [6.45, 7) is 5.02. The van der Waals surface area contributed by atoms with Crippen molar-refractivity contribution in [3.05, 3.63) is 34.9 Å². The number of thioether (sulfide) groups is 1. The van der Waals surface area contributed by atoms with Crippen molar-refractivity contribution in [1.82, 2.24) is 9.80 Å². The number of hydrogen-bond donors (Lipinski definition) is 0. The molecule has 2 aliphatic rings. The lowest BCUT2D eigenvalue weighted by atomic mass is 9.97. The quantitative estimate of drug-likeness (QED) is 0.767. The van der Waals surface area contributed by atoms with E-state index in [2.05, 4.69) is 0 Å². The van der Waals surface area contributed by atoms with E-state index in [0.717, 1.165) is 39.1 Å². The minimum absolute atomic E-state index is 0.0761. The topological polar surface area (TPSA) is 49.9 Å². The van der Waals surface area contributed by atoms with Crippen molar-refractivity contribution in [2.24, 2.45) is 5.92 Å². The van der Waals surface area contributed by atoms with Gasteiger partial charge in [-0.05, 0) is 49.9 Å². The van der Waals surface area contributed by atoms with Gasteiger partial charge in [-0.25, -0.2) is 0 Å². The van der Waals surface area contributed by atoms with Crippen LogP contribution in [0.5, 0.6) is 0 Å². The predicted molar refractivity (Wildman–Crippen MR) is 105 cm³/mol. The highest BCUT2D eigenvalue weighted by atomic mass is 35.5. The summed E-state index contributed by atoms with van der Waals surface area (Å²) in [5, 5.41) is 0.597. The molecule has 2 fully saturated rings. The number of ether oxygens (including phenoxy) is 1. The number of nitrogens with zero attached hydrogens (tertiary/aromatic N) is 2. The van der Waals surface area contributed by atoms with Crippen LogP contribution in [0.2, 0.25) is 5.02 Å². The van der Waals surface area contributed by atoms with Gasteiger partial charge in [0.15, 0.2) is 0 Å². The van der Waals surface area contributed by atoms with Crippen molar-refractivity contribution in [3.8, 4) is 0 Å². The van der Waals surface area contributed by atoms with Crippen molar-refractivity contribution in [1.29, 1.82) is 0 Å². The third-order valence-electron chi connectivity index (χ3n) is 5.00. The van der Waals surface area contributed by atoms with E-state index >= 15 is 0 Å². The van der Waals surface area contributed by atoms with Crippen LogP contribution in [-0.2, 0) is 9.53 Å². The molecular formula is C19H25ClN2O3S. The van der Waals surface area contributed by atoms with Crippen molar-refractivity contribution in [3.63, 3.8) is 0 Å². The molecule has 0 spiro atoms. The average molecular weight is 397 g/mol. The molecule has 3 rings (SSSR count). The molecule has 0 unspecified atom stereocenters. The highest BCUT2D eigenvalue weighted by Crippen LogP contribution is 2.27. The predicted octanol–water partition coefficient (Wildman–Crippen LogP) is 3.13. The summed E-state index contributed by atoms with van der Waals surface area (Å²) in [5.41, 5.74) is 0.574. The first-order valence-corrected chi connectivity index (χ1v) is 10.6.